The molecule has 3 nitrogen and oxygen atoms in total. The average molecular weight is 186 g/mol. The van der Waals surface area contributed by atoms with Gasteiger partial charge in [-0.05, 0) is 29.5 Å². The third kappa shape index (κ3) is 2.73. The lowest BCUT2D eigenvalue weighted by Crippen LogP contribution is -2.34. The van der Waals surface area contributed by atoms with Crippen LogP contribution in [-0.2, 0) is 4.79 Å². The van der Waals surface area contributed by atoms with Gasteiger partial charge in [0.05, 0.1) is 0 Å². The summed E-state index contributed by atoms with van der Waals surface area (Å²) >= 11 is 10.5. The van der Waals surface area contributed by atoms with Crippen molar-refractivity contribution >= 4 is 29.5 Å². The van der Waals surface area contributed by atoms with Crippen molar-refractivity contribution in [2.75, 3.05) is 0 Å². The van der Waals surface area contributed by atoms with Crippen LogP contribution in [0.4, 0.5) is 0 Å². The van der Waals surface area contributed by atoms with Gasteiger partial charge in [0.1, 0.15) is 6.04 Å². The highest BCUT2D eigenvalue weighted by molar-refractivity contribution is 6.34. The van der Waals surface area contributed by atoms with Crippen molar-refractivity contribution in [3.8, 4) is 0 Å². The molecular weight excluding hydrogens is 177 g/mol. The number of hydrogen-bond acceptors (Lipinski definition) is 2. The topological polar surface area (TPSA) is 40.5 Å². The molecule has 1 N–H and O–H groups in total. The van der Waals surface area contributed by atoms with Crippen LogP contribution in [0, 0.1) is 5.92 Å². The van der Waals surface area contributed by atoms with E-state index >= 15 is 0 Å². The Kier molecular flexibility index (Phi) is 4.01. The number of nitrogens with zero attached hydrogens (tertiary/aromatic N) is 1. The molecule has 0 radical (unpaired) electrons. The van der Waals surface area contributed by atoms with Crippen molar-refractivity contribution in [3.05, 3.63) is 0 Å². The number of halogens is 2. The number of aliphatic carboxylic acids is 1. The molecule has 0 aliphatic heterocycles. The van der Waals surface area contributed by atoms with Crippen molar-refractivity contribution in [1.82, 2.24) is 3.94 Å². The Morgan fingerprint density at radius 3 is 1.90 bits per heavy atom. The van der Waals surface area contributed by atoms with Gasteiger partial charge in [0, 0.05) is 0 Å². The molecule has 1 atom stereocenters. The summed E-state index contributed by atoms with van der Waals surface area (Å²) in [6.45, 7) is 3.47. The molecule has 60 valence electrons. The first kappa shape index (κ1) is 10.0. The van der Waals surface area contributed by atoms with Gasteiger partial charge >= 0.3 is 5.97 Å². The largest absolute Gasteiger partial charge is 0.480 e. The minimum absolute atomic E-state index is 0.104. The molecule has 0 bridgehead atoms. The zero-order valence-corrected chi connectivity index (χ0v) is 7.23. The third-order valence-electron chi connectivity index (χ3n) is 1.09. The Labute approximate surface area is 69.7 Å². The van der Waals surface area contributed by atoms with E-state index in [1.165, 1.54) is 0 Å². The van der Waals surface area contributed by atoms with E-state index in [0.717, 1.165) is 0 Å². The lowest BCUT2D eigenvalue weighted by Gasteiger charge is -2.17. The standard InChI is InChI=1S/C5H9Cl2NO2/c1-3(2)4(5(9)10)8(6)7/h3-4H,1-2H3,(H,9,10). The molecule has 5 heteroatoms. The van der Waals surface area contributed by atoms with Crippen LogP contribution in [0.3, 0.4) is 0 Å². The van der Waals surface area contributed by atoms with Gasteiger partial charge < -0.3 is 5.11 Å². The van der Waals surface area contributed by atoms with E-state index in [2.05, 4.69) is 0 Å². The summed E-state index contributed by atoms with van der Waals surface area (Å²) in [6.07, 6.45) is 0. The van der Waals surface area contributed by atoms with Crippen molar-refractivity contribution in [3.63, 3.8) is 0 Å². The Balaban J connectivity index is 4.12. The van der Waals surface area contributed by atoms with E-state index in [0.29, 0.717) is 3.94 Å². The van der Waals surface area contributed by atoms with Crippen LogP contribution in [0.5, 0.6) is 0 Å². The summed E-state index contributed by atoms with van der Waals surface area (Å²) in [6, 6.07) is -0.830. The number of carboxylic acids is 1. The van der Waals surface area contributed by atoms with Crippen LogP contribution in [0.25, 0.3) is 0 Å². The lowest BCUT2D eigenvalue weighted by molar-refractivity contribution is -0.141. The van der Waals surface area contributed by atoms with Crippen molar-refractivity contribution in [2.45, 2.75) is 19.9 Å². The lowest BCUT2D eigenvalue weighted by atomic mass is 10.1. The molecule has 0 aliphatic carbocycles. The highest BCUT2D eigenvalue weighted by Crippen LogP contribution is 2.15. The molecule has 1 unspecified atom stereocenters. The summed E-state index contributed by atoms with van der Waals surface area (Å²) < 4.78 is 0.660. The van der Waals surface area contributed by atoms with Crippen LogP contribution < -0.4 is 0 Å². The predicted octanol–water partition coefficient (Wildman–Crippen LogP) is 1.71. The summed E-state index contributed by atoms with van der Waals surface area (Å²) in [5.74, 6) is -1.12. The molecule has 0 saturated heterocycles. The quantitative estimate of drug-likeness (QED) is 0.682. The first-order valence-electron chi connectivity index (χ1n) is 2.80. The third-order valence-corrected chi connectivity index (χ3v) is 1.52. The maximum atomic E-state index is 10.4. The van der Waals surface area contributed by atoms with Crippen molar-refractivity contribution in [1.29, 1.82) is 0 Å². The monoisotopic (exact) mass is 185 g/mol. The molecule has 0 amide bonds. The fourth-order valence-electron chi connectivity index (χ4n) is 0.594. The summed E-state index contributed by atoms with van der Waals surface area (Å²) in [4.78, 5) is 10.4. The van der Waals surface area contributed by atoms with Crippen molar-refractivity contribution in [2.24, 2.45) is 5.92 Å². The van der Waals surface area contributed by atoms with Gasteiger partial charge in [-0.25, -0.2) is 0 Å². The zero-order chi connectivity index (χ0) is 8.31. The molecule has 0 heterocycles. The van der Waals surface area contributed by atoms with Gasteiger partial charge in [-0.15, -0.1) is 3.94 Å². The SMILES string of the molecule is CC(C)C(C(=O)O)N(Cl)Cl. The minimum atomic E-state index is -1.01. The zero-order valence-electron chi connectivity index (χ0n) is 5.71. The molecule has 0 aromatic heterocycles. The molecule has 0 saturated carbocycles. The molecule has 0 fully saturated rings. The summed E-state index contributed by atoms with van der Waals surface area (Å²) in [5, 5.41) is 8.50. The molecular formula is C5H9Cl2NO2. The maximum Gasteiger partial charge on any atom is 0.323 e. The molecule has 0 aromatic rings. The average Bonchev–Trinajstić information content (AvgIpc) is 1.59. The Hall–Kier alpha value is 0.01000. The Morgan fingerprint density at radius 1 is 1.50 bits per heavy atom. The van der Waals surface area contributed by atoms with Gasteiger partial charge in [-0.1, -0.05) is 13.8 Å². The van der Waals surface area contributed by atoms with Gasteiger partial charge in [-0.3, -0.25) is 4.79 Å². The first-order valence-corrected chi connectivity index (χ1v) is 3.48. The van der Waals surface area contributed by atoms with Crippen LogP contribution >= 0.6 is 23.6 Å². The molecule has 0 rings (SSSR count). The smallest absolute Gasteiger partial charge is 0.323 e. The summed E-state index contributed by atoms with van der Waals surface area (Å²) in [5.41, 5.74) is 0. The Morgan fingerprint density at radius 2 is 1.90 bits per heavy atom. The van der Waals surface area contributed by atoms with Gasteiger partial charge in [-0.2, -0.15) is 0 Å². The van der Waals surface area contributed by atoms with E-state index in [4.69, 9.17) is 28.7 Å². The van der Waals surface area contributed by atoms with E-state index in [1.54, 1.807) is 13.8 Å². The second kappa shape index (κ2) is 4.01. The Bertz CT molecular complexity index is 119. The van der Waals surface area contributed by atoms with Crippen molar-refractivity contribution < 1.29 is 9.90 Å². The fourth-order valence-corrected chi connectivity index (χ4v) is 1.21. The minimum Gasteiger partial charge on any atom is -0.480 e. The predicted molar refractivity (Wildman–Crippen MR) is 39.8 cm³/mol. The second-order valence-corrected chi connectivity index (χ2v) is 3.19. The highest BCUT2D eigenvalue weighted by atomic mass is 35.5. The number of carbonyl (C=O) groups is 1. The number of carboxylic acid groups (broad SMARTS) is 1. The van der Waals surface area contributed by atoms with Gasteiger partial charge in [0.15, 0.2) is 0 Å². The molecule has 10 heavy (non-hydrogen) atoms. The maximum absolute atomic E-state index is 10.4. The second-order valence-electron chi connectivity index (χ2n) is 2.29. The first-order chi connectivity index (χ1) is 4.46. The van der Waals surface area contributed by atoms with E-state index in [9.17, 15) is 4.79 Å². The van der Waals surface area contributed by atoms with Gasteiger partial charge in [0.2, 0.25) is 0 Å². The van der Waals surface area contributed by atoms with Crippen LogP contribution in [0.2, 0.25) is 0 Å². The van der Waals surface area contributed by atoms with E-state index < -0.39 is 12.0 Å². The van der Waals surface area contributed by atoms with E-state index in [-0.39, 0.29) is 5.92 Å². The fraction of sp³-hybridized carbons (Fsp3) is 0.800. The summed E-state index contributed by atoms with van der Waals surface area (Å²) in [7, 11) is 0. The van der Waals surface area contributed by atoms with Crippen LogP contribution in [-0.4, -0.2) is 21.1 Å². The van der Waals surface area contributed by atoms with Crippen LogP contribution in [0.15, 0.2) is 0 Å². The molecule has 0 aliphatic rings. The molecule has 0 aromatic carbocycles. The number of hydrogen-bond donors (Lipinski definition) is 1. The number of rotatable bonds is 3. The van der Waals surface area contributed by atoms with Crippen LogP contribution in [0.1, 0.15) is 13.8 Å². The molecule has 0 spiro atoms. The highest BCUT2D eigenvalue weighted by Gasteiger charge is 2.26. The van der Waals surface area contributed by atoms with E-state index in [1.807, 2.05) is 0 Å². The normalized spacial score (nSPS) is 14.2. The van der Waals surface area contributed by atoms with Gasteiger partial charge in [0.25, 0.3) is 0 Å².